The van der Waals surface area contributed by atoms with Crippen LogP contribution in [-0.4, -0.2) is 19.5 Å². The van der Waals surface area contributed by atoms with Crippen molar-refractivity contribution < 1.29 is 9.47 Å². The predicted molar refractivity (Wildman–Crippen MR) is 218 cm³/mol. The van der Waals surface area contributed by atoms with E-state index in [9.17, 15) is 0 Å². The molecule has 2 aliphatic heterocycles. The van der Waals surface area contributed by atoms with Crippen molar-refractivity contribution in [2.45, 2.75) is 0 Å². The average Bonchev–Trinajstić information content (AvgIpc) is 3.60. The van der Waals surface area contributed by atoms with Gasteiger partial charge >= 0.3 is 0 Å². The molecule has 0 amide bonds. The fraction of sp³-hybridized carbons (Fsp3) is 0. The lowest BCUT2D eigenvalue weighted by molar-refractivity contribution is 0.446. The highest BCUT2D eigenvalue weighted by molar-refractivity contribution is 6.10. The molecule has 0 bridgehead atoms. The quantitative estimate of drug-likeness (QED) is 0.169. The Hall–Kier alpha value is -8.27. The fourth-order valence-corrected chi connectivity index (χ4v) is 7.68. The van der Waals surface area contributed by atoms with E-state index >= 15 is 0 Å². The molecular weight excluding hydrogens is 695 g/mol. The lowest BCUT2D eigenvalue weighted by atomic mass is 9.99. The molecule has 0 unspecified atom stereocenters. The molecule has 0 radical (unpaired) electrons. The molecule has 9 heteroatoms. The fourth-order valence-electron chi connectivity index (χ4n) is 7.68. The molecule has 0 aliphatic carbocycles. The molecule has 56 heavy (non-hydrogen) atoms. The number of ether oxygens (including phenoxy) is 2. The van der Waals surface area contributed by atoms with Crippen molar-refractivity contribution in [2.75, 3.05) is 4.90 Å². The highest BCUT2D eigenvalue weighted by Crippen LogP contribution is 2.61. The minimum absolute atomic E-state index is 0.479. The number of nitrogens with zero attached hydrogens (tertiary/aromatic N) is 7. The Morgan fingerprint density at radius 3 is 1.59 bits per heavy atom. The summed E-state index contributed by atoms with van der Waals surface area (Å²) in [6, 6.07) is 49.5. The summed E-state index contributed by atoms with van der Waals surface area (Å²) in [5.41, 5.74) is 8.83. The maximum Gasteiger partial charge on any atom is 0.238 e. The minimum atomic E-state index is 0.479. The number of benzene rings is 7. The third-order valence-electron chi connectivity index (χ3n) is 10.2. The second-order valence-corrected chi connectivity index (χ2v) is 13.5. The molecule has 9 aromatic rings. The topological polar surface area (TPSA) is 74.0 Å². The number of fused-ring (bicyclic) bond motifs is 7. The molecule has 0 spiro atoms. The predicted octanol–water partition coefficient (Wildman–Crippen LogP) is 12.8. The van der Waals surface area contributed by atoms with Crippen LogP contribution in [0.4, 0.5) is 28.4 Å². The van der Waals surface area contributed by atoms with Gasteiger partial charge in [-0.25, -0.2) is 14.7 Å². The van der Waals surface area contributed by atoms with E-state index in [-0.39, 0.29) is 0 Å². The van der Waals surface area contributed by atoms with Crippen LogP contribution in [0.2, 0.25) is 0 Å². The van der Waals surface area contributed by atoms with Crippen molar-refractivity contribution >= 4 is 50.2 Å². The van der Waals surface area contributed by atoms with Crippen LogP contribution >= 0.6 is 0 Å². The van der Waals surface area contributed by atoms with Crippen LogP contribution in [0.3, 0.4) is 0 Å². The van der Waals surface area contributed by atoms with Crippen LogP contribution < -0.4 is 14.4 Å². The van der Waals surface area contributed by atoms with E-state index in [4.69, 9.17) is 37.6 Å². The maximum atomic E-state index is 7.63. The molecular formula is C47H25N7O2. The van der Waals surface area contributed by atoms with Gasteiger partial charge < -0.3 is 9.47 Å². The third-order valence-corrected chi connectivity index (χ3v) is 10.2. The third kappa shape index (κ3) is 4.82. The first-order chi connectivity index (χ1) is 27.6. The van der Waals surface area contributed by atoms with Crippen molar-refractivity contribution in [1.29, 1.82) is 0 Å². The molecule has 0 saturated carbocycles. The van der Waals surface area contributed by atoms with Gasteiger partial charge in [0, 0.05) is 21.9 Å². The van der Waals surface area contributed by atoms with E-state index < -0.39 is 0 Å². The second-order valence-electron chi connectivity index (χ2n) is 13.5. The van der Waals surface area contributed by atoms with Crippen molar-refractivity contribution in [1.82, 2.24) is 19.5 Å². The SMILES string of the molecule is [C-]#[N+]c1ccc2c(c1)Oc1cc(-c3ccc4c(c3)c3ccccc3n4-c3nc(-c4ccccc4)nc(-c4ccccc4)n3)cc3c1N2c1ccc([N+]#[C-])cc1O3. The average molecular weight is 720 g/mol. The lowest BCUT2D eigenvalue weighted by Gasteiger charge is -2.38. The minimum Gasteiger partial charge on any atom is -0.454 e. The molecule has 9 nitrogen and oxygen atoms in total. The van der Waals surface area contributed by atoms with E-state index in [1.807, 2.05) is 97.1 Å². The molecule has 0 N–H and O–H groups in total. The van der Waals surface area contributed by atoms with E-state index in [2.05, 4.69) is 49.5 Å². The van der Waals surface area contributed by atoms with Gasteiger partial charge in [0.25, 0.3) is 0 Å². The molecule has 0 saturated heterocycles. The molecule has 0 fully saturated rings. The number of hydrogen-bond donors (Lipinski definition) is 0. The smallest absolute Gasteiger partial charge is 0.238 e. The molecule has 260 valence electrons. The van der Waals surface area contributed by atoms with Gasteiger partial charge in [0.15, 0.2) is 34.5 Å². The Bertz CT molecular complexity index is 3030. The van der Waals surface area contributed by atoms with Gasteiger partial charge in [0.2, 0.25) is 5.95 Å². The number of anilines is 3. The van der Waals surface area contributed by atoms with Crippen LogP contribution in [-0.2, 0) is 0 Å². The first-order valence-electron chi connectivity index (χ1n) is 17.9. The number of hydrogen-bond acceptors (Lipinski definition) is 6. The largest absolute Gasteiger partial charge is 0.454 e. The second kappa shape index (κ2) is 12.1. The van der Waals surface area contributed by atoms with E-state index in [1.54, 1.807) is 24.3 Å². The van der Waals surface area contributed by atoms with Gasteiger partial charge in [-0.15, -0.1) is 0 Å². The zero-order chi connectivity index (χ0) is 37.3. The number of aromatic nitrogens is 4. The van der Waals surface area contributed by atoms with Crippen molar-refractivity contribution in [3.8, 4) is 62.8 Å². The van der Waals surface area contributed by atoms with Crippen LogP contribution in [0.1, 0.15) is 0 Å². The summed E-state index contributed by atoms with van der Waals surface area (Å²) in [6.45, 7) is 15.3. The summed E-state index contributed by atoms with van der Waals surface area (Å²) in [4.78, 5) is 24.4. The van der Waals surface area contributed by atoms with Crippen LogP contribution in [0.25, 0.3) is 71.3 Å². The lowest BCUT2D eigenvalue weighted by Crippen LogP contribution is -2.20. The Morgan fingerprint density at radius 1 is 0.446 bits per heavy atom. The van der Waals surface area contributed by atoms with Crippen molar-refractivity contribution in [2.24, 2.45) is 0 Å². The Labute approximate surface area is 320 Å². The Balaban J connectivity index is 1.10. The molecule has 2 aromatic heterocycles. The summed E-state index contributed by atoms with van der Waals surface area (Å²) >= 11 is 0. The van der Waals surface area contributed by atoms with Crippen LogP contribution in [0.15, 0.2) is 152 Å². The monoisotopic (exact) mass is 719 g/mol. The first-order valence-corrected chi connectivity index (χ1v) is 17.9. The van der Waals surface area contributed by atoms with E-state index in [0.717, 1.165) is 61.1 Å². The highest BCUT2D eigenvalue weighted by Gasteiger charge is 2.35. The van der Waals surface area contributed by atoms with Crippen LogP contribution in [0, 0.1) is 13.1 Å². The zero-order valence-corrected chi connectivity index (χ0v) is 29.4. The van der Waals surface area contributed by atoms with Gasteiger partial charge in [0.1, 0.15) is 17.2 Å². The summed E-state index contributed by atoms with van der Waals surface area (Å²) in [5, 5.41) is 2.07. The summed E-state index contributed by atoms with van der Waals surface area (Å²) in [6.07, 6.45) is 0. The summed E-state index contributed by atoms with van der Waals surface area (Å²) in [5.74, 6) is 4.03. The normalized spacial score (nSPS) is 12.1. The first kappa shape index (κ1) is 31.3. The van der Waals surface area contributed by atoms with Crippen LogP contribution in [0.5, 0.6) is 23.0 Å². The molecule has 0 atom stereocenters. The molecule has 7 aromatic carbocycles. The van der Waals surface area contributed by atoms with Gasteiger partial charge in [-0.05, 0) is 65.7 Å². The Morgan fingerprint density at radius 2 is 1.00 bits per heavy atom. The van der Waals surface area contributed by atoms with E-state index in [0.29, 0.717) is 52.0 Å². The van der Waals surface area contributed by atoms with Gasteiger partial charge in [-0.1, -0.05) is 97.1 Å². The summed E-state index contributed by atoms with van der Waals surface area (Å²) < 4.78 is 15.2. The van der Waals surface area contributed by atoms with Gasteiger partial charge in [-0.2, -0.15) is 9.97 Å². The van der Waals surface area contributed by atoms with Gasteiger partial charge in [0.05, 0.1) is 35.6 Å². The Kier molecular flexibility index (Phi) is 6.78. The maximum absolute atomic E-state index is 7.63. The standard InChI is InChI=1S/C47H25N7O2/c1-48-32-18-21-38-40(26-32)55-42-24-31(25-43-44(42)53(38)39-22-19-33(49-2)27-41(39)56-43)30-17-20-37-35(23-30)34-15-9-10-16-36(34)54(37)47-51-45(28-11-5-3-6-12-28)50-46(52-47)29-13-7-4-8-14-29/h3-27H. The van der Waals surface area contributed by atoms with Crippen molar-refractivity contribution in [3.05, 3.63) is 174 Å². The zero-order valence-electron chi connectivity index (χ0n) is 29.4. The molecule has 11 rings (SSSR count). The summed E-state index contributed by atoms with van der Waals surface area (Å²) in [7, 11) is 0. The number of rotatable bonds is 4. The highest BCUT2D eigenvalue weighted by atomic mass is 16.5. The van der Waals surface area contributed by atoms with Crippen molar-refractivity contribution in [3.63, 3.8) is 0 Å². The molecule has 2 aliphatic rings. The number of para-hydroxylation sites is 1. The van der Waals surface area contributed by atoms with Gasteiger partial charge in [-0.3, -0.25) is 9.47 Å². The molecule has 4 heterocycles. The van der Waals surface area contributed by atoms with E-state index in [1.165, 1.54) is 0 Å².